The molecule has 2 aliphatic rings. The van der Waals surface area contributed by atoms with E-state index in [-0.39, 0.29) is 11.6 Å². The Morgan fingerprint density at radius 2 is 2.03 bits per heavy atom. The molecule has 33 heavy (non-hydrogen) atoms. The van der Waals surface area contributed by atoms with Gasteiger partial charge in [0.25, 0.3) is 5.56 Å². The first kappa shape index (κ1) is 20.8. The van der Waals surface area contributed by atoms with Crippen molar-refractivity contribution >= 4 is 50.4 Å². The predicted molar refractivity (Wildman–Crippen MR) is 138 cm³/mol. The first-order valence-corrected chi connectivity index (χ1v) is 13.1. The van der Waals surface area contributed by atoms with E-state index in [1.54, 1.807) is 18.4 Å². The lowest BCUT2D eigenvalue weighted by molar-refractivity contribution is 0.412. The minimum atomic E-state index is -0.102. The van der Waals surface area contributed by atoms with E-state index in [0.717, 1.165) is 39.1 Å². The fourth-order valence-corrected chi connectivity index (χ4v) is 7.05. The molecule has 3 heterocycles. The van der Waals surface area contributed by atoms with Crippen molar-refractivity contribution in [2.75, 3.05) is 7.11 Å². The number of ether oxygens (including phenoxy) is 1. The second-order valence-electron chi connectivity index (χ2n) is 8.02. The fourth-order valence-electron chi connectivity index (χ4n) is 4.64. The smallest absolute Gasteiger partial charge is 0.271 e. The lowest BCUT2D eigenvalue weighted by Crippen LogP contribution is -2.38. The minimum absolute atomic E-state index is 0.00880. The summed E-state index contributed by atoms with van der Waals surface area (Å²) in [6.07, 6.45) is 3.82. The molecule has 0 amide bonds. The van der Waals surface area contributed by atoms with Crippen molar-refractivity contribution in [2.45, 2.75) is 18.9 Å². The number of halogens is 1. The van der Waals surface area contributed by atoms with Crippen LogP contribution in [-0.2, 0) is 6.42 Å². The van der Waals surface area contributed by atoms with Crippen LogP contribution in [0.4, 0.5) is 0 Å². The van der Waals surface area contributed by atoms with Gasteiger partial charge in [-0.1, -0.05) is 47.7 Å². The number of hydrogen-bond acceptors (Lipinski definition) is 5. The molecule has 1 unspecified atom stereocenters. The number of fused-ring (bicyclic) bond motifs is 3. The van der Waals surface area contributed by atoms with Crippen LogP contribution in [0.25, 0.3) is 11.8 Å². The maximum atomic E-state index is 13.7. The summed E-state index contributed by atoms with van der Waals surface area (Å²) in [7, 11) is 1.64. The molecule has 0 saturated heterocycles. The molecule has 1 aliphatic heterocycles. The Balaban J connectivity index is 1.59. The summed E-state index contributed by atoms with van der Waals surface area (Å²) in [5, 5.41) is 2.08. The molecule has 4 aromatic rings. The van der Waals surface area contributed by atoms with E-state index in [1.807, 2.05) is 28.8 Å². The number of allylic oxidation sites excluding steroid dienone is 1. The Morgan fingerprint density at radius 1 is 1.15 bits per heavy atom. The van der Waals surface area contributed by atoms with E-state index in [4.69, 9.17) is 9.73 Å². The quantitative estimate of drug-likeness (QED) is 0.364. The summed E-state index contributed by atoms with van der Waals surface area (Å²) in [5.41, 5.74) is 5.74. The van der Waals surface area contributed by atoms with Gasteiger partial charge in [-0.3, -0.25) is 9.36 Å². The Morgan fingerprint density at radius 3 is 2.82 bits per heavy atom. The molecule has 6 rings (SSSR count). The van der Waals surface area contributed by atoms with Gasteiger partial charge < -0.3 is 4.74 Å². The molecule has 0 N–H and O–H groups in total. The number of aromatic nitrogens is 1. The van der Waals surface area contributed by atoms with Crippen molar-refractivity contribution in [3.05, 3.63) is 111 Å². The molecule has 0 fully saturated rings. The summed E-state index contributed by atoms with van der Waals surface area (Å²) in [5.74, 6) is 0.762. The van der Waals surface area contributed by atoms with Gasteiger partial charge in [0.1, 0.15) is 5.75 Å². The van der Waals surface area contributed by atoms with Crippen LogP contribution in [0.2, 0.25) is 0 Å². The van der Waals surface area contributed by atoms with Crippen LogP contribution in [0.5, 0.6) is 5.75 Å². The van der Waals surface area contributed by atoms with Crippen molar-refractivity contribution in [3.63, 3.8) is 0 Å². The molecular formula is C26H19BrN2O2S2. The van der Waals surface area contributed by atoms with Crippen LogP contribution in [0.3, 0.4) is 0 Å². The van der Waals surface area contributed by atoms with Crippen molar-refractivity contribution in [1.29, 1.82) is 0 Å². The summed E-state index contributed by atoms with van der Waals surface area (Å²) in [4.78, 5) is 20.7. The number of aryl methyl sites for hydroxylation is 1. The maximum absolute atomic E-state index is 13.7. The van der Waals surface area contributed by atoms with E-state index in [0.29, 0.717) is 4.53 Å². The van der Waals surface area contributed by atoms with Gasteiger partial charge >= 0.3 is 0 Å². The Hall–Kier alpha value is -2.74. The molecule has 1 atom stereocenters. The number of hydrogen-bond donors (Lipinski definition) is 0. The van der Waals surface area contributed by atoms with Crippen LogP contribution in [-0.4, -0.2) is 11.7 Å². The number of thiazole rings is 1. The van der Waals surface area contributed by atoms with Crippen LogP contribution in [0, 0.1) is 0 Å². The highest BCUT2D eigenvalue weighted by Gasteiger charge is 2.32. The first-order chi connectivity index (χ1) is 16.1. The van der Waals surface area contributed by atoms with Crippen LogP contribution < -0.4 is 19.6 Å². The second-order valence-corrected chi connectivity index (χ2v) is 10.9. The van der Waals surface area contributed by atoms with Crippen molar-refractivity contribution in [3.8, 4) is 5.75 Å². The Labute approximate surface area is 207 Å². The summed E-state index contributed by atoms with van der Waals surface area (Å²) in [6, 6.07) is 18.4. The van der Waals surface area contributed by atoms with Crippen molar-refractivity contribution < 1.29 is 4.74 Å². The molecule has 1 aliphatic carbocycles. The van der Waals surface area contributed by atoms with Crippen molar-refractivity contribution in [1.82, 2.24) is 4.57 Å². The molecular weight excluding hydrogens is 516 g/mol. The van der Waals surface area contributed by atoms with Crippen LogP contribution in [0.15, 0.2) is 79.8 Å². The van der Waals surface area contributed by atoms with E-state index in [1.165, 1.54) is 32.9 Å². The first-order valence-electron chi connectivity index (χ1n) is 10.6. The Kier molecular flexibility index (Phi) is 5.20. The van der Waals surface area contributed by atoms with E-state index < -0.39 is 0 Å². The molecule has 164 valence electrons. The lowest BCUT2D eigenvalue weighted by Gasteiger charge is -2.30. The molecule has 2 aromatic heterocycles. The highest BCUT2D eigenvalue weighted by atomic mass is 79.9. The van der Waals surface area contributed by atoms with Gasteiger partial charge in [0, 0.05) is 10.4 Å². The average Bonchev–Trinajstić information content (AvgIpc) is 3.46. The third-order valence-electron chi connectivity index (χ3n) is 6.16. The lowest BCUT2D eigenvalue weighted by atomic mass is 9.85. The normalized spacial score (nSPS) is 17.3. The van der Waals surface area contributed by atoms with E-state index >= 15 is 0 Å². The van der Waals surface area contributed by atoms with Gasteiger partial charge in [-0.2, -0.15) is 0 Å². The number of nitrogens with zero attached hydrogens (tertiary/aromatic N) is 2. The fraction of sp³-hybridized carbons (Fsp3) is 0.154. The predicted octanol–water partition coefficient (Wildman–Crippen LogP) is 5.15. The van der Waals surface area contributed by atoms with Gasteiger partial charge in [0.15, 0.2) is 4.80 Å². The van der Waals surface area contributed by atoms with Gasteiger partial charge in [0.2, 0.25) is 0 Å². The third-order valence-corrected chi connectivity index (χ3v) is 8.69. The molecule has 0 bridgehead atoms. The summed E-state index contributed by atoms with van der Waals surface area (Å²) < 4.78 is 8.77. The molecule has 0 spiro atoms. The largest absolute Gasteiger partial charge is 0.496 e. The molecule has 2 aromatic carbocycles. The number of methoxy groups -OCH3 is 1. The van der Waals surface area contributed by atoms with Crippen LogP contribution >= 0.6 is 38.6 Å². The highest BCUT2D eigenvalue weighted by Crippen LogP contribution is 2.42. The van der Waals surface area contributed by atoms with Gasteiger partial charge in [0.05, 0.1) is 27.9 Å². The van der Waals surface area contributed by atoms with Gasteiger partial charge in [-0.25, -0.2) is 4.99 Å². The van der Waals surface area contributed by atoms with Gasteiger partial charge in [-0.05, 0) is 75.1 Å². The molecule has 0 radical (unpaired) electrons. The second kappa shape index (κ2) is 8.24. The Bertz CT molecular complexity index is 1600. The molecule has 7 heteroatoms. The monoisotopic (exact) mass is 534 g/mol. The van der Waals surface area contributed by atoms with Crippen LogP contribution in [0.1, 0.15) is 34.0 Å². The SMILES string of the molecule is COc1ccc(/C=c2/sc3n(c2=O)C(c2cccs2)C2=C(N=3)c3ccccc3CC2)cc1Br. The highest BCUT2D eigenvalue weighted by molar-refractivity contribution is 9.10. The number of thiophene rings is 1. The van der Waals surface area contributed by atoms with Crippen molar-refractivity contribution in [2.24, 2.45) is 4.99 Å². The zero-order valence-electron chi connectivity index (χ0n) is 17.7. The maximum Gasteiger partial charge on any atom is 0.271 e. The minimum Gasteiger partial charge on any atom is -0.496 e. The topological polar surface area (TPSA) is 43.6 Å². The van der Waals surface area contributed by atoms with Gasteiger partial charge in [-0.15, -0.1) is 11.3 Å². The van der Waals surface area contributed by atoms with E-state index in [2.05, 4.69) is 57.7 Å². The molecule has 4 nitrogen and oxygen atoms in total. The molecule has 0 saturated carbocycles. The third kappa shape index (κ3) is 3.46. The number of benzene rings is 2. The summed E-state index contributed by atoms with van der Waals surface area (Å²) in [6.45, 7) is 0. The standard InChI is InChI=1S/C26H19BrN2O2S2/c1-31-20-11-8-15(13-19(20)27)14-22-25(30)29-24(21-7-4-12-32-21)18-10-9-16-5-2-3-6-17(16)23(18)28-26(29)33-22/h2-8,11-14,24H,9-10H2,1H3/b22-14+. The average molecular weight is 535 g/mol. The zero-order valence-corrected chi connectivity index (χ0v) is 21.0. The van der Waals surface area contributed by atoms with E-state index in [9.17, 15) is 4.79 Å². The summed E-state index contributed by atoms with van der Waals surface area (Å²) >= 11 is 6.69. The zero-order chi connectivity index (χ0) is 22.5. The number of rotatable bonds is 3.